The third kappa shape index (κ3) is 5.31. The Labute approximate surface area is 100 Å². The molecular formula is C13H18BrF. The topological polar surface area (TPSA) is 0 Å². The molecule has 1 rings (SSSR count). The van der Waals surface area contributed by atoms with Crippen LogP contribution in [-0.2, 0) is 6.42 Å². The van der Waals surface area contributed by atoms with Gasteiger partial charge in [0, 0.05) is 4.83 Å². The second-order valence-electron chi connectivity index (χ2n) is 3.90. The molecule has 1 aromatic carbocycles. The first kappa shape index (κ1) is 12.7. The molecule has 0 saturated carbocycles. The van der Waals surface area contributed by atoms with Gasteiger partial charge in [0.15, 0.2) is 0 Å². The van der Waals surface area contributed by atoms with Crippen LogP contribution in [0, 0.1) is 5.82 Å². The highest BCUT2D eigenvalue weighted by atomic mass is 79.9. The van der Waals surface area contributed by atoms with Gasteiger partial charge in [-0.05, 0) is 43.4 Å². The number of alkyl halides is 1. The lowest BCUT2D eigenvalue weighted by Crippen LogP contribution is -1.98. The fourth-order valence-corrected chi connectivity index (χ4v) is 2.42. The zero-order valence-corrected chi connectivity index (χ0v) is 10.8. The second kappa shape index (κ2) is 7.00. The fraction of sp³-hybridized carbons (Fsp3) is 0.538. The predicted molar refractivity (Wildman–Crippen MR) is 67.0 cm³/mol. The molecule has 0 nitrogen and oxygen atoms in total. The Bertz CT molecular complexity index is 268. The van der Waals surface area contributed by atoms with Gasteiger partial charge in [0.25, 0.3) is 0 Å². The summed E-state index contributed by atoms with van der Waals surface area (Å²) in [7, 11) is 0. The maximum absolute atomic E-state index is 12.6. The highest BCUT2D eigenvalue weighted by molar-refractivity contribution is 9.09. The SMILES string of the molecule is CCCC(Br)CCCc1ccc(F)cc1. The van der Waals surface area contributed by atoms with Crippen molar-refractivity contribution in [2.75, 3.05) is 0 Å². The predicted octanol–water partition coefficient (Wildman–Crippen LogP) is 4.71. The zero-order chi connectivity index (χ0) is 11.1. The van der Waals surface area contributed by atoms with Gasteiger partial charge in [0.05, 0.1) is 0 Å². The van der Waals surface area contributed by atoms with E-state index in [0.717, 1.165) is 6.42 Å². The van der Waals surface area contributed by atoms with Crippen molar-refractivity contribution in [3.8, 4) is 0 Å². The molecule has 0 aromatic heterocycles. The maximum Gasteiger partial charge on any atom is 0.123 e. The molecule has 0 aliphatic carbocycles. The number of hydrogen-bond donors (Lipinski definition) is 0. The number of benzene rings is 1. The molecule has 0 fully saturated rings. The Morgan fingerprint density at radius 3 is 2.47 bits per heavy atom. The van der Waals surface area contributed by atoms with E-state index < -0.39 is 0 Å². The Morgan fingerprint density at radius 2 is 1.87 bits per heavy atom. The van der Waals surface area contributed by atoms with Crippen LogP contribution in [0.1, 0.15) is 38.2 Å². The molecule has 0 amide bonds. The van der Waals surface area contributed by atoms with E-state index in [0.29, 0.717) is 4.83 Å². The Kier molecular flexibility index (Phi) is 5.92. The smallest absolute Gasteiger partial charge is 0.123 e. The molecule has 15 heavy (non-hydrogen) atoms. The first-order chi connectivity index (χ1) is 7.22. The van der Waals surface area contributed by atoms with Crippen LogP contribution in [0.3, 0.4) is 0 Å². The van der Waals surface area contributed by atoms with Crippen molar-refractivity contribution in [1.82, 2.24) is 0 Å². The van der Waals surface area contributed by atoms with Crippen LogP contribution >= 0.6 is 15.9 Å². The quantitative estimate of drug-likeness (QED) is 0.658. The van der Waals surface area contributed by atoms with Gasteiger partial charge in [-0.25, -0.2) is 4.39 Å². The van der Waals surface area contributed by atoms with Crippen LogP contribution in [-0.4, -0.2) is 4.83 Å². The van der Waals surface area contributed by atoms with E-state index >= 15 is 0 Å². The molecule has 0 saturated heterocycles. The van der Waals surface area contributed by atoms with E-state index in [1.54, 1.807) is 0 Å². The van der Waals surface area contributed by atoms with Gasteiger partial charge in [-0.2, -0.15) is 0 Å². The summed E-state index contributed by atoms with van der Waals surface area (Å²) in [4.78, 5) is 0.642. The number of hydrogen-bond acceptors (Lipinski definition) is 0. The molecule has 1 aromatic rings. The van der Waals surface area contributed by atoms with Crippen molar-refractivity contribution >= 4 is 15.9 Å². The molecule has 0 heterocycles. The lowest BCUT2D eigenvalue weighted by Gasteiger charge is -2.07. The van der Waals surface area contributed by atoms with Crippen LogP contribution in [0.25, 0.3) is 0 Å². The minimum absolute atomic E-state index is 0.150. The Balaban J connectivity index is 2.22. The third-order valence-electron chi connectivity index (χ3n) is 2.50. The summed E-state index contributed by atoms with van der Waals surface area (Å²) in [6.45, 7) is 2.20. The molecule has 84 valence electrons. The third-order valence-corrected chi connectivity index (χ3v) is 3.41. The summed E-state index contributed by atoms with van der Waals surface area (Å²) in [5, 5.41) is 0. The summed E-state index contributed by atoms with van der Waals surface area (Å²) in [5.74, 6) is -0.150. The lowest BCUT2D eigenvalue weighted by atomic mass is 10.1. The van der Waals surface area contributed by atoms with E-state index in [1.807, 2.05) is 12.1 Å². The molecule has 1 unspecified atom stereocenters. The molecule has 0 N–H and O–H groups in total. The van der Waals surface area contributed by atoms with Crippen molar-refractivity contribution < 1.29 is 4.39 Å². The molecule has 0 radical (unpaired) electrons. The van der Waals surface area contributed by atoms with Crippen LogP contribution in [0.4, 0.5) is 4.39 Å². The van der Waals surface area contributed by atoms with Crippen molar-refractivity contribution in [1.29, 1.82) is 0 Å². The first-order valence-corrected chi connectivity index (χ1v) is 6.52. The van der Waals surface area contributed by atoms with Gasteiger partial charge in [0.2, 0.25) is 0 Å². The zero-order valence-electron chi connectivity index (χ0n) is 9.18. The van der Waals surface area contributed by atoms with Gasteiger partial charge in [-0.15, -0.1) is 0 Å². The largest absolute Gasteiger partial charge is 0.207 e. The molecule has 1 atom stereocenters. The van der Waals surface area contributed by atoms with Crippen LogP contribution in [0.2, 0.25) is 0 Å². The summed E-state index contributed by atoms with van der Waals surface area (Å²) in [6.07, 6.45) is 5.88. The van der Waals surface area contributed by atoms with Crippen molar-refractivity contribution in [2.45, 2.75) is 43.9 Å². The minimum Gasteiger partial charge on any atom is -0.207 e. The average Bonchev–Trinajstić information content (AvgIpc) is 2.21. The first-order valence-electron chi connectivity index (χ1n) is 5.61. The summed E-state index contributed by atoms with van der Waals surface area (Å²) in [5.41, 5.74) is 1.23. The van der Waals surface area contributed by atoms with E-state index in [4.69, 9.17) is 0 Å². The maximum atomic E-state index is 12.6. The van der Waals surface area contributed by atoms with Crippen LogP contribution < -0.4 is 0 Å². The van der Waals surface area contributed by atoms with Crippen molar-refractivity contribution in [2.24, 2.45) is 0 Å². The minimum atomic E-state index is -0.150. The summed E-state index contributed by atoms with van der Waals surface area (Å²) in [6, 6.07) is 6.82. The van der Waals surface area contributed by atoms with Gasteiger partial charge < -0.3 is 0 Å². The Hall–Kier alpha value is -0.370. The number of halogens is 2. The average molecular weight is 273 g/mol. The molecule has 2 heteroatoms. The molecule has 0 spiro atoms. The van der Waals surface area contributed by atoms with Crippen LogP contribution in [0.15, 0.2) is 24.3 Å². The highest BCUT2D eigenvalue weighted by Crippen LogP contribution is 2.16. The van der Waals surface area contributed by atoms with E-state index in [1.165, 1.54) is 43.4 Å². The summed E-state index contributed by atoms with van der Waals surface area (Å²) >= 11 is 3.66. The lowest BCUT2D eigenvalue weighted by molar-refractivity contribution is 0.625. The van der Waals surface area contributed by atoms with Gasteiger partial charge in [-0.1, -0.05) is 41.4 Å². The van der Waals surface area contributed by atoms with E-state index in [2.05, 4.69) is 22.9 Å². The summed E-state index contributed by atoms with van der Waals surface area (Å²) < 4.78 is 12.6. The van der Waals surface area contributed by atoms with Crippen molar-refractivity contribution in [3.63, 3.8) is 0 Å². The molecular weight excluding hydrogens is 255 g/mol. The molecule has 0 aliphatic heterocycles. The van der Waals surface area contributed by atoms with Gasteiger partial charge in [-0.3, -0.25) is 0 Å². The van der Waals surface area contributed by atoms with E-state index in [9.17, 15) is 4.39 Å². The highest BCUT2D eigenvalue weighted by Gasteiger charge is 2.02. The second-order valence-corrected chi connectivity index (χ2v) is 5.20. The molecule has 0 aliphatic rings. The fourth-order valence-electron chi connectivity index (χ4n) is 1.64. The standard InChI is InChI=1S/C13H18BrF/c1-2-4-12(14)6-3-5-11-7-9-13(15)10-8-11/h7-10,12H,2-6H2,1H3. The van der Waals surface area contributed by atoms with E-state index in [-0.39, 0.29) is 5.82 Å². The van der Waals surface area contributed by atoms with Crippen LogP contribution in [0.5, 0.6) is 0 Å². The van der Waals surface area contributed by atoms with Gasteiger partial charge >= 0.3 is 0 Å². The number of rotatable bonds is 6. The molecule has 0 bridgehead atoms. The van der Waals surface area contributed by atoms with Crippen molar-refractivity contribution in [3.05, 3.63) is 35.6 Å². The van der Waals surface area contributed by atoms with Gasteiger partial charge in [0.1, 0.15) is 5.82 Å². The normalized spacial score (nSPS) is 12.7. The Morgan fingerprint density at radius 1 is 1.20 bits per heavy atom. The monoisotopic (exact) mass is 272 g/mol. The number of aryl methyl sites for hydroxylation is 1.